The SMILES string of the molecule is CN(C)C(=O)N1CC[NH+](Cn2nc(-c3ccco3)n(C)c2=S)CC1. The Labute approximate surface area is 145 Å². The van der Waals surface area contributed by atoms with E-state index in [4.69, 9.17) is 16.6 Å². The summed E-state index contributed by atoms with van der Waals surface area (Å²) in [5, 5.41) is 4.60. The van der Waals surface area contributed by atoms with Gasteiger partial charge in [-0.15, -0.1) is 5.10 Å². The third kappa shape index (κ3) is 3.22. The average Bonchev–Trinajstić information content (AvgIpc) is 3.19. The summed E-state index contributed by atoms with van der Waals surface area (Å²) in [6.45, 7) is 3.95. The van der Waals surface area contributed by atoms with Crippen molar-refractivity contribution in [2.24, 2.45) is 7.05 Å². The van der Waals surface area contributed by atoms with Crippen molar-refractivity contribution in [1.82, 2.24) is 24.1 Å². The fourth-order valence-electron chi connectivity index (χ4n) is 2.88. The normalized spacial score (nSPS) is 15.7. The Kier molecular flexibility index (Phi) is 4.72. The molecule has 1 aliphatic rings. The maximum absolute atomic E-state index is 12.0. The molecule has 2 aromatic rings. The molecule has 0 atom stereocenters. The second-order valence-corrected chi connectivity index (χ2v) is 6.58. The Morgan fingerprint density at radius 2 is 2.12 bits per heavy atom. The van der Waals surface area contributed by atoms with Crippen molar-refractivity contribution in [1.29, 1.82) is 0 Å². The molecule has 3 rings (SSSR count). The van der Waals surface area contributed by atoms with Gasteiger partial charge >= 0.3 is 6.03 Å². The van der Waals surface area contributed by atoms with Crippen LogP contribution in [0.25, 0.3) is 11.6 Å². The van der Waals surface area contributed by atoms with Gasteiger partial charge in [0.05, 0.1) is 32.4 Å². The summed E-state index contributed by atoms with van der Waals surface area (Å²) in [5.74, 6) is 1.43. The number of piperazine rings is 1. The first kappa shape index (κ1) is 16.7. The van der Waals surface area contributed by atoms with Gasteiger partial charge < -0.3 is 23.7 Å². The third-order valence-corrected chi connectivity index (χ3v) is 4.76. The van der Waals surface area contributed by atoms with Gasteiger partial charge in [0.25, 0.3) is 0 Å². The molecule has 1 saturated heterocycles. The second-order valence-electron chi connectivity index (χ2n) is 6.21. The number of urea groups is 1. The Hall–Kier alpha value is -2.13. The van der Waals surface area contributed by atoms with Crippen molar-refractivity contribution in [2.75, 3.05) is 40.3 Å². The molecule has 0 radical (unpaired) electrons. The lowest BCUT2D eigenvalue weighted by Gasteiger charge is -2.33. The smallest absolute Gasteiger partial charge is 0.319 e. The summed E-state index contributed by atoms with van der Waals surface area (Å²) < 4.78 is 9.79. The molecule has 3 heterocycles. The number of hydrogen-bond acceptors (Lipinski definition) is 4. The second kappa shape index (κ2) is 6.78. The summed E-state index contributed by atoms with van der Waals surface area (Å²) in [6.07, 6.45) is 1.63. The predicted molar refractivity (Wildman–Crippen MR) is 91.1 cm³/mol. The summed E-state index contributed by atoms with van der Waals surface area (Å²) in [6, 6.07) is 3.78. The Morgan fingerprint density at radius 3 is 2.71 bits per heavy atom. The van der Waals surface area contributed by atoms with Gasteiger partial charge in [-0.05, 0) is 24.4 Å². The van der Waals surface area contributed by atoms with Gasteiger partial charge in [0.15, 0.2) is 18.3 Å². The molecule has 8 nitrogen and oxygen atoms in total. The Balaban J connectivity index is 1.67. The Morgan fingerprint density at radius 1 is 1.42 bits per heavy atom. The molecule has 0 bridgehead atoms. The minimum atomic E-state index is 0.0728. The van der Waals surface area contributed by atoms with E-state index in [2.05, 4.69) is 5.10 Å². The van der Waals surface area contributed by atoms with E-state index >= 15 is 0 Å². The van der Waals surface area contributed by atoms with Crippen LogP contribution in [0.5, 0.6) is 0 Å². The molecular weight excluding hydrogens is 328 g/mol. The molecule has 0 unspecified atom stereocenters. The lowest BCUT2D eigenvalue weighted by Crippen LogP contribution is -3.14. The van der Waals surface area contributed by atoms with Gasteiger partial charge in [0.1, 0.15) is 0 Å². The van der Waals surface area contributed by atoms with Crippen molar-refractivity contribution >= 4 is 18.2 Å². The van der Waals surface area contributed by atoms with E-state index in [9.17, 15) is 4.79 Å². The standard InChI is InChI=1S/C15H22N6O2S/c1-17(2)14(22)20-8-6-19(7-9-20)11-21-15(24)18(3)13(16-21)12-5-4-10-23-12/h4-5,10H,6-9,11H2,1-3H3/p+1. The zero-order valence-corrected chi connectivity index (χ0v) is 15.0. The number of hydrogen-bond donors (Lipinski definition) is 1. The predicted octanol–water partition coefficient (Wildman–Crippen LogP) is 0.0507. The molecule has 2 amide bonds. The molecule has 1 aliphatic heterocycles. The summed E-state index contributed by atoms with van der Waals surface area (Å²) >= 11 is 5.49. The number of quaternary nitrogens is 1. The average molecular weight is 351 g/mol. The highest BCUT2D eigenvalue weighted by molar-refractivity contribution is 7.71. The number of aromatic nitrogens is 3. The highest BCUT2D eigenvalue weighted by Gasteiger charge is 2.25. The van der Waals surface area contributed by atoms with E-state index in [0.717, 1.165) is 32.0 Å². The maximum Gasteiger partial charge on any atom is 0.319 e. The molecular formula is C15H23N6O2S+. The van der Waals surface area contributed by atoms with Crippen molar-refractivity contribution in [2.45, 2.75) is 6.67 Å². The van der Waals surface area contributed by atoms with Crippen LogP contribution >= 0.6 is 12.2 Å². The van der Waals surface area contributed by atoms with E-state index in [1.165, 1.54) is 4.90 Å². The van der Waals surface area contributed by atoms with E-state index in [1.807, 2.05) is 33.3 Å². The first-order valence-electron chi connectivity index (χ1n) is 7.95. The fraction of sp³-hybridized carbons (Fsp3) is 0.533. The number of nitrogens with zero attached hydrogens (tertiary/aromatic N) is 5. The third-order valence-electron chi connectivity index (χ3n) is 4.28. The van der Waals surface area contributed by atoms with E-state index in [1.54, 1.807) is 25.3 Å². The number of amides is 2. The van der Waals surface area contributed by atoms with Gasteiger partial charge in [-0.25, -0.2) is 4.79 Å². The first-order valence-corrected chi connectivity index (χ1v) is 8.35. The molecule has 2 aromatic heterocycles. The zero-order chi connectivity index (χ0) is 17.3. The number of carbonyl (C=O) groups is 1. The van der Waals surface area contributed by atoms with Crippen molar-refractivity contribution < 1.29 is 14.1 Å². The van der Waals surface area contributed by atoms with Crippen molar-refractivity contribution in [3.8, 4) is 11.6 Å². The minimum Gasteiger partial charge on any atom is -0.461 e. The van der Waals surface area contributed by atoms with Crippen LogP contribution in [0.15, 0.2) is 22.8 Å². The van der Waals surface area contributed by atoms with Gasteiger partial charge in [-0.1, -0.05) is 0 Å². The molecule has 130 valence electrons. The van der Waals surface area contributed by atoms with Crippen LogP contribution in [0.2, 0.25) is 0 Å². The van der Waals surface area contributed by atoms with Crippen LogP contribution in [0.3, 0.4) is 0 Å². The van der Waals surface area contributed by atoms with Gasteiger partial charge in [-0.3, -0.25) is 0 Å². The van der Waals surface area contributed by atoms with E-state index in [-0.39, 0.29) is 6.03 Å². The monoisotopic (exact) mass is 351 g/mol. The van der Waals surface area contributed by atoms with E-state index < -0.39 is 0 Å². The quantitative estimate of drug-likeness (QED) is 0.794. The molecule has 24 heavy (non-hydrogen) atoms. The summed E-state index contributed by atoms with van der Waals surface area (Å²) in [5.41, 5.74) is 0. The highest BCUT2D eigenvalue weighted by atomic mass is 32.1. The number of rotatable bonds is 3. The molecule has 1 fully saturated rings. The van der Waals surface area contributed by atoms with Crippen LogP contribution < -0.4 is 4.90 Å². The molecule has 9 heteroatoms. The Bertz CT molecular complexity index is 756. The molecule has 1 N–H and O–H groups in total. The molecule has 0 saturated carbocycles. The topological polar surface area (TPSA) is 63.9 Å². The summed E-state index contributed by atoms with van der Waals surface area (Å²) in [4.78, 5) is 16.9. The highest BCUT2D eigenvalue weighted by Crippen LogP contribution is 2.17. The lowest BCUT2D eigenvalue weighted by molar-refractivity contribution is -0.927. The molecule has 0 aromatic carbocycles. The summed E-state index contributed by atoms with van der Waals surface area (Å²) in [7, 11) is 5.46. The van der Waals surface area contributed by atoms with Gasteiger partial charge in [0.2, 0.25) is 4.77 Å². The van der Waals surface area contributed by atoms with Crippen LogP contribution in [0.1, 0.15) is 0 Å². The largest absolute Gasteiger partial charge is 0.461 e. The van der Waals surface area contributed by atoms with E-state index in [0.29, 0.717) is 17.2 Å². The van der Waals surface area contributed by atoms with Crippen LogP contribution in [-0.2, 0) is 13.7 Å². The van der Waals surface area contributed by atoms with Crippen LogP contribution in [0.4, 0.5) is 4.79 Å². The zero-order valence-electron chi connectivity index (χ0n) is 14.2. The number of carbonyl (C=O) groups excluding carboxylic acids is 1. The van der Waals surface area contributed by atoms with Crippen molar-refractivity contribution in [3.63, 3.8) is 0 Å². The van der Waals surface area contributed by atoms with Gasteiger partial charge in [-0.2, -0.15) is 4.68 Å². The number of furan rings is 1. The molecule has 0 aliphatic carbocycles. The van der Waals surface area contributed by atoms with Crippen molar-refractivity contribution in [3.05, 3.63) is 23.2 Å². The van der Waals surface area contributed by atoms with Crippen LogP contribution in [0, 0.1) is 4.77 Å². The molecule has 0 spiro atoms. The fourth-order valence-corrected chi connectivity index (χ4v) is 3.07. The van der Waals surface area contributed by atoms with Gasteiger partial charge in [0, 0.05) is 21.1 Å². The first-order chi connectivity index (χ1) is 11.5. The maximum atomic E-state index is 12.0. The van der Waals surface area contributed by atoms with Crippen LogP contribution in [-0.4, -0.2) is 70.5 Å². The number of nitrogens with one attached hydrogen (secondary N) is 1. The minimum absolute atomic E-state index is 0.0728. The lowest BCUT2D eigenvalue weighted by atomic mass is 10.3.